The highest BCUT2D eigenvalue weighted by Gasteiger charge is 2.21. The fourth-order valence-electron chi connectivity index (χ4n) is 2.55. The van der Waals surface area contributed by atoms with Gasteiger partial charge in [0.25, 0.3) is 10.0 Å². The molecule has 0 saturated carbocycles. The van der Waals surface area contributed by atoms with E-state index in [4.69, 9.17) is 0 Å². The van der Waals surface area contributed by atoms with Crippen molar-refractivity contribution in [2.24, 2.45) is 7.05 Å². The Morgan fingerprint density at radius 1 is 1.26 bits per heavy atom. The first-order valence-electron chi connectivity index (χ1n) is 7.37. The van der Waals surface area contributed by atoms with Crippen LogP contribution in [0.3, 0.4) is 0 Å². The van der Waals surface area contributed by atoms with Crippen LogP contribution in [0.15, 0.2) is 41.8 Å². The van der Waals surface area contributed by atoms with Gasteiger partial charge in [0.05, 0.1) is 12.0 Å². The molecule has 2 aromatic rings. The minimum absolute atomic E-state index is 0.0422. The van der Waals surface area contributed by atoms with Gasteiger partial charge in [-0.3, -0.25) is 9.52 Å². The highest BCUT2D eigenvalue weighted by Crippen LogP contribution is 2.25. The Kier molecular flexibility index (Phi) is 4.08. The first kappa shape index (κ1) is 15.5. The second kappa shape index (κ2) is 6.04. The molecule has 2 heterocycles. The van der Waals surface area contributed by atoms with Crippen LogP contribution in [0.1, 0.15) is 19.3 Å². The second-order valence-electron chi connectivity index (χ2n) is 5.54. The number of hydrogen-bond acceptors (Lipinski definition) is 4. The summed E-state index contributed by atoms with van der Waals surface area (Å²) < 4.78 is 28.7. The zero-order valence-corrected chi connectivity index (χ0v) is 13.6. The highest BCUT2D eigenvalue weighted by molar-refractivity contribution is 7.92. The van der Waals surface area contributed by atoms with E-state index in [0.717, 1.165) is 12.8 Å². The molecule has 23 heavy (non-hydrogen) atoms. The van der Waals surface area contributed by atoms with E-state index in [-0.39, 0.29) is 10.9 Å². The number of anilines is 2. The fraction of sp³-hybridized carbons (Fsp3) is 0.333. The summed E-state index contributed by atoms with van der Waals surface area (Å²) >= 11 is 0. The molecule has 0 radical (unpaired) electrons. The molecule has 0 unspecified atom stereocenters. The zero-order valence-electron chi connectivity index (χ0n) is 12.8. The molecule has 1 aromatic carbocycles. The second-order valence-corrected chi connectivity index (χ2v) is 7.16. The fourth-order valence-corrected chi connectivity index (χ4v) is 3.58. The van der Waals surface area contributed by atoms with Crippen LogP contribution in [-0.4, -0.2) is 30.4 Å². The predicted octanol–water partition coefficient (Wildman–Crippen LogP) is 1.74. The number of hydrogen-bond donors (Lipinski definition) is 1. The van der Waals surface area contributed by atoms with E-state index >= 15 is 0 Å². The van der Waals surface area contributed by atoms with Gasteiger partial charge < -0.3 is 9.47 Å². The normalized spacial score (nSPS) is 15.7. The maximum absolute atomic E-state index is 12.3. The van der Waals surface area contributed by atoms with Crippen molar-refractivity contribution in [2.45, 2.75) is 24.3 Å². The quantitative estimate of drug-likeness (QED) is 0.923. The Bertz CT molecular complexity index is 829. The number of sulfonamides is 1. The number of amides is 1. The molecule has 0 bridgehead atoms. The number of aromatic nitrogens is 2. The van der Waals surface area contributed by atoms with Crippen molar-refractivity contribution in [3.05, 3.63) is 36.8 Å². The lowest BCUT2D eigenvalue weighted by Crippen LogP contribution is -2.35. The lowest BCUT2D eigenvalue weighted by Gasteiger charge is -2.27. The van der Waals surface area contributed by atoms with Gasteiger partial charge in [-0.2, -0.15) is 8.42 Å². The number of piperidine rings is 1. The predicted molar refractivity (Wildman–Crippen MR) is 86.7 cm³/mol. The summed E-state index contributed by atoms with van der Waals surface area (Å²) in [6.07, 6.45) is 5.25. The minimum Gasteiger partial charge on any atom is -0.339 e. The number of nitrogens with one attached hydrogen (secondary N) is 1. The Morgan fingerprint density at radius 3 is 2.78 bits per heavy atom. The van der Waals surface area contributed by atoms with Crippen molar-refractivity contribution in [1.82, 2.24) is 9.55 Å². The lowest BCUT2D eigenvalue weighted by molar-refractivity contribution is -0.119. The third-order valence-electron chi connectivity index (χ3n) is 3.69. The average Bonchev–Trinajstić information content (AvgIpc) is 2.95. The molecule has 1 saturated heterocycles. The van der Waals surface area contributed by atoms with Crippen molar-refractivity contribution in [2.75, 3.05) is 16.2 Å². The molecule has 1 aliphatic heterocycles. The molecule has 1 fully saturated rings. The Balaban J connectivity index is 1.84. The van der Waals surface area contributed by atoms with Gasteiger partial charge in [-0.25, -0.2) is 4.98 Å². The summed E-state index contributed by atoms with van der Waals surface area (Å²) in [7, 11) is -2.04. The molecule has 0 atom stereocenters. The largest absolute Gasteiger partial charge is 0.339 e. The number of aryl methyl sites for hydroxylation is 1. The van der Waals surface area contributed by atoms with Crippen molar-refractivity contribution in [3.63, 3.8) is 0 Å². The van der Waals surface area contributed by atoms with Crippen molar-refractivity contribution < 1.29 is 13.2 Å². The summed E-state index contributed by atoms with van der Waals surface area (Å²) in [5.74, 6) is 0.0704. The van der Waals surface area contributed by atoms with Gasteiger partial charge in [0.2, 0.25) is 5.91 Å². The molecule has 1 aromatic heterocycles. The van der Waals surface area contributed by atoms with Gasteiger partial charge in [0.1, 0.15) is 0 Å². The van der Waals surface area contributed by atoms with Crippen molar-refractivity contribution in [3.8, 4) is 0 Å². The van der Waals surface area contributed by atoms with Crippen molar-refractivity contribution >= 4 is 27.3 Å². The molecule has 1 amide bonds. The lowest BCUT2D eigenvalue weighted by atomic mass is 10.1. The van der Waals surface area contributed by atoms with Crippen LogP contribution in [-0.2, 0) is 21.9 Å². The summed E-state index contributed by atoms with van der Waals surface area (Å²) in [6.45, 7) is 0.662. The van der Waals surface area contributed by atoms with Crippen LogP contribution in [0.2, 0.25) is 0 Å². The molecule has 3 rings (SSSR count). The van der Waals surface area contributed by atoms with Gasteiger partial charge in [-0.15, -0.1) is 0 Å². The number of nitrogens with zero attached hydrogens (tertiary/aromatic N) is 3. The van der Waals surface area contributed by atoms with E-state index in [1.54, 1.807) is 34.7 Å². The molecule has 122 valence electrons. The molecule has 1 aliphatic rings. The van der Waals surface area contributed by atoms with E-state index in [1.807, 2.05) is 6.07 Å². The van der Waals surface area contributed by atoms with Gasteiger partial charge in [-0.1, -0.05) is 6.07 Å². The van der Waals surface area contributed by atoms with Gasteiger partial charge in [0.15, 0.2) is 5.03 Å². The number of imidazole rings is 1. The Labute approximate surface area is 135 Å². The molecule has 0 spiro atoms. The number of carbonyl (C=O) groups is 1. The van der Waals surface area contributed by atoms with Crippen LogP contribution in [0, 0.1) is 0 Å². The van der Waals surface area contributed by atoms with Gasteiger partial charge in [0, 0.05) is 31.9 Å². The number of rotatable bonds is 4. The van der Waals surface area contributed by atoms with Crippen LogP contribution < -0.4 is 9.62 Å². The standard InChI is InChI=1S/C15H18N4O3S/c1-18-10-14(16-11-18)23(21,22)17-12-5-4-6-13(9-12)19-8-3-2-7-15(19)20/h4-6,9-11,17H,2-3,7-8H2,1H3. The van der Waals surface area contributed by atoms with Gasteiger partial charge >= 0.3 is 0 Å². The third-order valence-corrected chi connectivity index (χ3v) is 4.96. The average molecular weight is 334 g/mol. The number of carbonyl (C=O) groups excluding carboxylic acids is 1. The van der Waals surface area contributed by atoms with Gasteiger partial charge in [-0.05, 0) is 31.0 Å². The smallest absolute Gasteiger partial charge is 0.280 e. The minimum atomic E-state index is -3.74. The first-order valence-corrected chi connectivity index (χ1v) is 8.85. The summed E-state index contributed by atoms with van der Waals surface area (Å²) in [5, 5.41) is -0.0422. The zero-order chi connectivity index (χ0) is 16.4. The summed E-state index contributed by atoms with van der Waals surface area (Å²) in [4.78, 5) is 17.5. The van der Waals surface area contributed by atoms with Crippen molar-refractivity contribution in [1.29, 1.82) is 0 Å². The highest BCUT2D eigenvalue weighted by atomic mass is 32.2. The SMILES string of the molecule is Cn1cnc(S(=O)(=O)Nc2cccc(N3CCCCC3=O)c2)c1. The first-order chi connectivity index (χ1) is 11.0. The van der Waals surface area contributed by atoms with E-state index in [1.165, 1.54) is 12.5 Å². The van der Waals surface area contributed by atoms with Crippen LogP contribution >= 0.6 is 0 Å². The van der Waals surface area contributed by atoms with E-state index in [0.29, 0.717) is 24.3 Å². The maximum atomic E-state index is 12.3. The molecule has 8 heteroatoms. The van der Waals surface area contributed by atoms with Crippen LogP contribution in [0.25, 0.3) is 0 Å². The molecular formula is C15H18N4O3S. The van der Waals surface area contributed by atoms with E-state index < -0.39 is 10.0 Å². The van der Waals surface area contributed by atoms with Crippen LogP contribution in [0.4, 0.5) is 11.4 Å². The molecule has 1 N–H and O–H groups in total. The number of benzene rings is 1. The monoisotopic (exact) mass is 334 g/mol. The summed E-state index contributed by atoms with van der Waals surface area (Å²) in [5.41, 5.74) is 1.11. The maximum Gasteiger partial charge on any atom is 0.280 e. The van der Waals surface area contributed by atoms with E-state index in [9.17, 15) is 13.2 Å². The Hall–Kier alpha value is -2.35. The Morgan fingerprint density at radius 2 is 2.09 bits per heavy atom. The molecular weight excluding hydrogens is 316 g/mol. The third kappa shape index (κ3) is 3.37. The summed E-state index contributed by atoms with van der Waals surface area (Å²) in [6, 6.07) is 6.86. The molecule has 0 aliphatic carbocycles. The van der Waals surface area contributed by atoms with Crippen LogP contribution in [0.5, 0.6) is 0 Å². The molecule has 7 nitrogen and oxygen atoms in total. The topological polar surface area (TPSA) is 84.3 Å². The van der Waals surface area contributed by atoms with E-state index in [2.05, 4.69) is 9.71 Å².